The average Bonchev–Trinajstić information content (AvgIpc) is 2.39. The van der Waals surface area contributed by atoms with Crippen LogP contribution in [0.3, 0.4) is 0 Å². The first-order valence-electron chi connectivity index (χ1n) is 6.72. The van der Waals surface area contributed by atoms with Gasteiger partial charge in [0, 0.05) is 19.1 Å². The molecule has 0 amide bonds. The molecule has 0 aliphatic carbocycles. The summed E-state index contributed by atoms with van der Waals surface area (Å²) in [6, 6.07) is 4.77. The Morgan fingerprint density at radius 2 is 1.76 bits per heavy atom. The van der Waals surface area contributed by atoms with E-state index in [9.17, 15) is 0 Å². The van der Waals surface area contributed by atoms with Gasteiger partial charge in [-0.25, -0.2) is 4.98 Å². The largest absolute Gasteiger partial charge is 0.381 e. The predicted octanol–water partition coefficient (Wildman–Crippen LogP) is 3.53. The van der Waals surface area contributed by atoms with Crippen LogP contribution >= 0.6 is 0 Å². The maximum atomic E-state index is 4.51. The molecular formula is C14H25N3. The zero-order chi connectivity index (χ0) is 12.7. The highest BCUT2D eigenvalue weighted by atomic mass is 15.2. The second-order valence-corrected chi connectivity index (χ2v) is 4.24. The lowest BCUT2D eigenvalue weighted by Crippen LogP contribution is -2.23. The Morgan fingerprint density at radius 1 is 1.12 bits per heavy atom. The van der Waals surface area contributed by atoms with Gasteiger partial charge in [0.2, 0.25) is 0 Å². The molecule has 0 saturated carbocycles. The Bertz CT molecular complexity index is 300. The summed E-state index contributed by atoms with van der Waals surface area (Å²) >= 11 is 0. The Labute approximate surface area is 105 Å². The third kappa shape index (κ3) is 3.91. The highest BCUT2D eigenvalue weighted by Crippen LogP contribution is 2.15. The van der Waals surface area contributed by atoms with Crippen molar-refractivity contribution in [3.63, 3.8) is 0 Å². The summed E-state index contributed by atoms with van der Waals surface area (Å²) in [4.78, 5) is 6.76. The molecule has 0 aromatic carbocycles. The van der Waals surface area contributed by atoms with Crippen molar-refractivity contribution in [2.45, 2.75) is 46.6 Å². The number of hydrogen-bond donors (Lipinski definition) is 1. The maximum absolute atomic E-state index is 4.51. The quantitative estimate of drug-likeness (QED) is 0.783. The minimum atomic E-state index is 0.552. The van der Waals surface area contributed by atoms with E-state index < -0.39 is 0 Å². The molecule has 1 aromatic rings. The second kappa shape index (κ2) is 7.15. The zero-order valence-corrected chi connectivity index (χ0v) is 11.5. The summed E-state index contributed by atoms with van der Waals surface area (Å²) in [5, 5.41) is 3.50. The van der Waals surface area contributed by atoms with E-state index in [2.05, 4.69) is 55.0 Å². The number of pyridine rings is 1. The van der Waals surface area contributed by atoms with Crippen molar-refractivity contribution < 1.29 is 0 Å². The maximum Gasteiger partial charge on any atom is 0.128 e. The van der Waals surface area contributed by atoms with E-state index >= 15 is 0 Å². The number of nitrogens with one attached hydrogen (secondary N) is 1. The molecule has 1 rings (SSSR count). The Morgan fingerprint density at radius 3 is 2.18 bits per heavy atom. The molecule has 3 heteroatoms. The predicted molar refractivity (Wildman–Crippen MR) is 75.8 cm³/mol. The van der Waals surface area contributed by atoms with E-state index in [4.69, 9.17) is 0 Å². The number of aromatic nitrogens is 1. The van der Waals surface area contributed by atoms with Gasteiger partial charge in [-0.3, -0.25) is 0 Å². The molecule has 0 fully saturated rings. The van der Waals surface area contributed by atoms with Crippen LogP contribution < -0.4 is 10.2 Å². The molecule has 96 valence electrons. The van der Waals surface area contributed by atoms with E-state index in [0.29, 0.717) is 6.04 Å². The van der Waals surface area contributed by atoms with Gasteiger partial charge in [0.25, 0.3) is 0 Å². The summed E-state index contributed by atoms with van der Waals surface area (Å²) in [6.45, 7) is 10.7. The fourth-order valence-corrected chi connectivity index (χ4v) is 1.93. The van der Waals surface area contributed by atoms with Crippen LogP contribution in [0.4, 0.5) is 11.5 Å². The first-order valence-corrected chi connectivity index (χ1v) is 6.72. The Kier molecular flexibility index (Phi) is 5.81. The van der Waals surface area contributed by atoms with Gasteiger partial charge < -0.3 is 10.2 Å². The van der Waals surface area contributed by atoms with Crippen LogP contribution in [0.2, 0.25) is 0 Å². The lowest BCUT2D eigenvalue weighted by Gasteiger charge is -2.21. The highest BCUT2D eigenvalue weighted by molar-refractivity contribution is 5.49. The van der Waals surface area contributed by atoms with Crippen LogP contribution in [0.15, 0.2) is 18.3 Å². The van der Waals surface area contributed by atoms with E-state index in [1.165, 1.54) is 0 Å². The van der Waals surface area contributed by atoms with E-state index in [1.54, 1.807) is 0 Å². The van der Waals surface area contributed by atoms with Crippen molar-refractivity contribution in [1.82, 2.24) is 4.98 Å². The molecule has 0 saturated heterocycles. The minimum Gasteiger partial charge on any atom is -0.381 e. The molecular weight excluding hydrogens is 210 g/mol. The molecule has 0 unspecified atom stereocenters. The molecule has 0 aliphatic heterocycles. The fraction of sp³-hybridized carbons (Fsp3) is 0.643. The number of anilines is 2. The average molecular weight is 235 g/mol. The Balaban J connectivity index is 2.67. The van der Waals surface area contributed by atoms with Crippen molar-refractivity contribution in [3.8, 4) is 0 Å². The molecule has 1 aromatic heterocycles. The summed E-state index contributed by atoms with van der Waals surface area (Å²) < 4.78 is 0. The van der Waals surface area contributed by atoms with Crippen molar-refractivity contribution in [2.75, 3.05) is 23.3 Å². The second-order valence-electron chi connectivity index (χ2n) is 4.24. The van der Waals surface area contributed by atoms with Gasteiger partial charge in [-0.05, 0) is 38.8 Å². The van der Waals surface area contributed by atoms with Gasteiger partial charge in [-0.1, -0.05) is 13.8 Å². The molecule has 0 radical (unpaired) electrons. The summed E-state index contributed by atoms with van der Waals surface area (Å²) in [5.41, 5.74) is 1.12. The van der Waals surface area contributed by atoms with Crippen molar-refractivity contribution in [2.24, 2.45) is 0 Å². The van der Waals surface area contributed by atoms with Gasteiger partial charge in [-0.15, -0.1) is 0 Å². The SMILES string of the molecule is CCC(CC)Nc1ccc(N(CC)CC)nc1. The third-order valence-electron chi connectivity index (χ3n) is 3.19. The third-order valence-corrected chi connectivity index (χ3v) is 3.19. The fourth-order valence-electron chi connectivity index (χ4n) is 1.93. The van der Waals surface area contributed by atoms with Crippen LogP contribution in [0.5, 0.6) is 0 Å². The molecule has 0 spiro atoms. The summed E-state index contributed by atoms with van der Waals surface area (Å²) in [6.07, 6.45) is 4.23. The van der Waals surface area contributed by atoms with Gasteiger partial charge in [-0.2, -0.15) is 0 Å². The molecule has 1 heterocycles. The molecule has 3 nitrogen and oxygen atoms in total. The number of nitrogens with zero attached hydrogens (tertiary/aromatic N) is 2. The molecule has 0 atom stereocenters. The normalized spacial score (nSPS) is 10.6. The molecule has 1 N–H and O–H groups in total. The monoisotopic (exact) mass is 235 g/mol. The van der Waals surface area contributed by atoms with Crippen molar-refractivity contribution in [3.05, 3.63) is 18.3 Å². The van der Waals surface area contributed by atoms with Crippen LogP contribution in [0.1, 0.15) is 40.5 Å². The van der Waals surface area contributed by atoms with Crippen LogP contribution in [0, 0.1) is 0 Å². The standard InChI is InChI=1S/C14H25N3/c1-5-12(6-2)16-13-9-10-14(15-11-13)17(7-3)8-4/h9-12,16H,5-8H2,1-4H3. The van der Waals surface area contributed by atoms with Crippen LogP contribution in [-0.2, 0) is 0 Å². The van der Waals surface area contributed by atoms with Gasteiger partial charge >= 0.3 is 0 Å². The van der Waals surface area contributed by atoms with E-state index in [1.807, 2.05) is 6.20 Å². The first-order chi connectivity index (χ1) is 8.24. The van der Waals surface area contributed by atoms with Gasteiger partial charge in [0.15, 0.2) is 0 Å². The zero-order valence-electron chi connectivity index (χ0n) is 11.5. The summed E-state index contributed by atoms with van der Waals surface area (Å²) in [5.74, 6) is 1.06. The molecule has 17 heavy (non-hydrogen) atoms. The minimum absolute atomic E-state index is 0.552. The first kappa shape index (κ1) is 13.8. The van der Waals surface area contributed by atoms with Crippen LogP contribution in [0.25, 0.3) is 0 Å². The number of hydrogen-bond acceptors (Lipinski definition) is 3. The van der Waals surface area contributed by atoms with Crippen molar-refractivity contribution in [1.29, 1.82) is 0 Å². The van der Waals surface area contributed by atoms with Gasteiger partial charge in [0.05, 0.1) is 11.9 Å². The van der Waals surface area contributed by atoms with Crippen LogP contribution in [-0.4, -0.2) is 24.1 Å². The molecule has 0 bridgehead atoms. The molecule has 0 aliphatic rings. The Hall–Kier alpha value is -1.25. The number of rotatable bonds is 7. The van der Waals surface area contributed by atoms with E-state index in [-0.39, 0.29) is 0 Å². The summed E-state index contributed by atoms with van der Waals surface area (Å²) in [7, 11) is 0. The van der Waals surface area contributed by atoms with Gasteiger partial charge in [0.1, 0.15) is 5.82 Å². The smallest absolute Gasteiger partial charge is 0.128 e. The van der Waals surface area contributed by atoms with E-state index in [0.717, 1.165) is 37.4 Å². The van der Waals surface area contributed by atoms with Crippen molar-refractivity contribution >= 4 is 11.5 Å². The lowest BCUT2D eigenvalue weighted by molar-refractivity contribution is 0.671. The highest BCUT2D eigenvalue weighted by Gasteiger charge is 2.05. The topological polar surface area (TPSA) is 28.2 Å². The lowest BCUT2D eigenvalue weighted by atomic mass is 10.1.